The predicted octanol–water partition coefficient (Wildman–Crippen LogP) is -0.281. The number of hydrogen-bond donors (Lipinski definition) is 6. The van der Waals surface area contributed by atoms with E-state index in [-0.39, 0.29) is 28.1 Å². The smallest absolute Gasteiger partial charge is 0.465 e. The highest BCUT2D eigenvalue weighted by molar-refractivity contribution is 7.47. The van der Waals surface area contributed by atoms with Gasteiger partial charge in [-0.05, 0) is 0 Å². The Labute approximate surface area is 273 Å². The summed E-state index contributed by atoms with van der Waals surface area (Å²) in [6, 6.07) is 0. The molecule has 1 saturated heterocycles. The predicted molar refractivity (Wildman–Crippen MR) is 153 cm³/mol. The fraction of sp³-hybridized carbons (Fsp3) is 0.455. The molecule has 0 aliphatic carbocycles. The number of imidazole rings is 2. The first kappa shape index (κ1) is 34.2. The molecule has 4 aromatic rings. The monoisotopic (exact) mass is 754 g/mol. The van der Waals surface area contributed by atoms with Gasteiger partial charge in [0.05, 0.1) is 12.9 Å². The Balaban J connectivity index is 1.25. The zero-order valence-corrected chi connectivity index (χ0v) is 26.3. The van der Waals surface area contributed by atoms with Crippen LogP contribution in [-0.4, -0.2) is 104 Å². The molecule has 4 aromatic heterocycles. The van der Waals surface area contributed by atoms with E-state index in [0.29, 0.717) is 0 Å². The number of halogens is 3. The number of aliphatic hydroxyl groups excluding tert-OH is 1. The average Bonchev–Trinajstić information content (AvgIpc) is 3.78. The summed E-state index contributed by atoms with van der Waals surface area (Å²) in [6.07, 6.45) is -12.8. The van der Waals surface area contributed by atoms with Crippen molar-refractivity contribution in [3.05, 3.63) is 40.9 Å². The lowest BCUT2D eigenvalue weighted by atomic mass is 10.1. The maximum Gasteiger partial charge on any atom is 0.527 e. The molecule has 7 rings (SSSR count). The van der Waals surface area contributed by atoms with Crippen molar-refractivity contribution < 1.29 is 69.5 Å². The number of rotatable bonds is 4. The quantitative estimate of drug-likeness (QED) is 0.146. The minimum Gasteiger partial charge on any atom is -0.465 e. The van der Waals surface area contributed by atoms with Gasteiger partial charge >= 0.3 is 21.8 Å². The number of nitrogen functional groups attached to an aromatic ring is 2. The minimum atomic E-state index is -5.41. The number of phosphoric ester groups is 2. The Morgan fingerprint density at radius 3 is 2.48 bits per heavy atom. The number of nitrogens with one attached hydrogen (secondary N) is 1. The normalized spacial score (nSPS) is 32.3. The van der Waals surface area contributed by atoms with Crippen molar-refractivity contribution in [2.24, 2.45) is 0 Å². The summed E-state index contributed by atoms with van der Waals surface area (Å²) >= 11 is 0. The summed E-state index contributed by atoms with van der Waals surface area (Å²) in [7, 11) is -10.8. The lowest BCUT2D eigenvalue weighted by molar-refractivity contribution is -0.196. The van der Waals surface area contributed by atoms with E-state index in [0.717, 1.165) is 28.1 Å². The van der Waals surface area contributed by atoms with Gasteiger partial charge in [0.15, 0.2) is 46.5 Å². The van der Waals surface area contributed by atoms with E-state index in [1.165, 1.54) is 0 Å². The number of fused-ring (bicyclic) bond motifs is 4. The Hall–Kier alpha value is -4.23. The van der Waals surface area contributed by atoms with Gasteiger partial charge in [0.1, 0.15) is 49.7 Å². The molecule has 23 nitrogen and oxygen atoms in total. The molecule has 8 atom stereocenters. The lowest BCUT2D eigenvalue weighted by Crippen LogP contribution is -2.40. The highest BCUT2D eigenvalue weighted by atomic mass is 31.2. The van der Waals surface area contributed by atoms with E-state index in [1.807, 2.05) is 0 Å². The van der Waals surface area contributed by atoms with Gasteiger partial charge < -0.3 is 40.2 Å². The summed E-state index contributed by atoms with van der Waals surface area (Å²) in [6.45, 7) is -4.12. The highest BCUT2D eigenvalue weighted by Crippen LogP contribution is 2.54. The Morgan fingerprint density at radius 1 is 1.02 bits per heavy atom. The van der Waals surface area contributed by atoms with Crippen LogP contribution in [0, 0.1) is 0 Å². The van der Waals surface area contributed by atoms with Crippen LogP contribution < -0.4 is 17.0 Å². The Morgan fingerprint density at radius 2 is 1.74 bits per heavy atom. The molecule has 0 amide bonds. The molecule has 28 heteroatoms. The summed E-state index contributed by atoms with van der Waals surface area (Å²) in [4.78, 5) is 55.8. The van der Waals surface area contributed by atoms with E-state index in [9.17, 15) is 42.0 Å². The van der Waals surface area contributed by atoms with Crippen LogP contribution in [0.25, 0.3) is 22.3 Å². The average molecular weight is 754 g/mol. The van der Waals surface area contributed by atoms with E-state index in [4.69, 9.17) is 43.8 Å². The van der Waals surface area contributed by atoms with Crippen LogP contribution in [0.2, 0.25) is 0 Å². The number of nitrogens with two attached hydrogens (primary N) is 2. The van der Waals surface area contributed by atoms with Gasteiger partial charge in [0, 0.05) is 0 Å². The first-order chi connectivity index (χ1) is 23.5. The first-order valence-corrected chi connectivity index (χ1v) is 16.9. The van der Waals surface area contributed by atoms with Gasteiger partial charge in [-0.1, -0.05) is 0 Å². The molecule has 0 saturated carbocycles. The van der Waals surface area contributed by atoms with Gasteiger partial charge in [-0.2, -0.15) is 18.2 Å². The molecule has 0 aromatic carbocycles. The van der Waals surface area contributed by atoms with Crippen LogP contribution in [0.15, 0.2) is 35.3 Å². The third-order valence-electron chi connectivity index (χ3n) is 7.42. The molecule has 3 aliphatic heterocycles. The van der Waals surface area contributed by atoms with Crippen LogP contribution in [0.4, 0.5) is 24.9 Å². The molecule has 0 spiro atoms. The lowest BCUT2D eigenvalue weighted by Gasteiger charge is -2.27. The van der Waals surface area contributed by atoms with Crippen molar-refractivity contribution in [2.75, 3.05) is 31.3 Å². The molecule has 5 unspecified atom stereocenters. The van der Waals surface area contributed by atoms with Crippen LogP contribution >= 0.6 is 15.6 Å². The molecule has 50 heavy (non-hydrogen) atoms. The second-order valence-corrected chi connectivity index (χ2v) is 13.5. The fourth-order valence-corrected chi connectivity index (χ4v) is 7.10. The Kier molecular flexibility index (Phi) is 8.37. The van der Waals surface area contributed by atoms with E-state index >= 15 is 0 Å². The molecular weight excluding hydrogens is 731 g/mol. The van der Waals surface area contributed by atoms with Crippen molar-refractivity contribution in [1.29, 1.82) is 0 Å². The first-order valence-electron chi connectivity index (χ1n) is 13.9. The van der Waals surface area contributed by atoms with Gasteiger partial charge in [-0.3, -0.25) is 37.4 Å². The number of aromatic nitrogens is 8. The van der Waals surface area contributed by atoms with Gasteiger partial charge in [-0.25, -0.2) is 29.1 Å². The summed E-state index contributed by atoms with van der Waals surface area (Å²) in [5.41, 5.74) is 10.2. The van der Waals surface area contributed by atoms with Crippen molar-refractivity contribution in [2.45, 2.75) is 43.0 Å². The third kappa shape index (κ3) is 6.41. The minimum absolute atomic E-state index is 0.0299. The standard InChI is InChI=1S/C22H23F3N10O13P2/c23-22(24,25)3-42-13-8-2-44-49(38,39)47-12-7(45-19(11(12)36)34-5-30-9-15(26)28-4-29-16(9)34)1-43-50(40,41)48-14(13)20(46-8)35-6-31-10-17(35)32-21(27)33-18(10)37/h4-6,8,11,13-14,19-20,36H,1-3H2,(H,38,39)(H,40,41)(H2,26,28,29)(H3,27,32,33,37)/t8-,11?,13?,14?,19-,20-/m1/s1. The molecule has 8 N–H and O–H groups in total. The topological polar surface area (TPSA) is 319 Å². The summed E-state index contributed by atoms with van der Waals surface area (Å²) < 4.78 is 106. The van der Waals surface area contributed by atoms with Crippen molar-refractivity contribution in [3.8, 4) is 0 Å². The fourth-order valence-electron chi connectivity index (χ4n) is 5.38. The number of ether oxygens (including phenoxy) is 3. The number of hydrogen-bond acceptors (Lipinski definition) is 18. The number of aliphatic hydroxyl groups is 1. The van der Waals surface area contributed by atoms with E-state index in [2.05, 4.69) is 29.9 Å². The SMILES string of the molecule is Nc1nc2c(ncn2[C@@H]2O[C@@H]3COP(=O)(O)OC4=C(COP(=O)(O)OC2C3OCC(F)(F)F)O[C@@H](n2cnc3c(N)ncnc32)C4O)c(=O)[nH]1. The van der Waals surface area contributed by atoms with E-state index in [1.54, 1.807) is 0 Å². The summed E-state index contributed by atoms with van der Waals surface area (Å²) in [5, 5.41) is 11.1. The third-order valence-corrected chi connectivity index (χ3v) is 9.28. The van der Waals surface area contributed by atoms with E-state index < -0.39 is 102 Å². The number of nitrogens with zero attached hydrogens (tertiary/aromatic N) is 7. The second kappa shape index (κ2) is 12.2. The van der Waals surface area contributed by atoms with Crippen molar-refractivity contribution in [3.63, 3.8) is 0 Å². The highest BCUT2D eigenvalue weighted by Gasteiger charge is 2.54. The van der Waals surface area contributed by atoms with Crippen LogP contribution in [0.1, 0.15) is 12.5 Å². The number of alkyl halides is 3. The Bertz CT molecular complexity index is 2160. The van der Waals surface area contributed by atoms with Gasteiger partial charge in [-0.15, -0.1) is 0 Å². The molecule has 1 fully saturated rings. The maximum absolute atomic E-state index is 13.4. The van der Waals surface area contributed by atoms with Crippen molar-refractivity contribution >= 4 is 49.7 Å². The number of anilines is 2. The van der Waals surface area contributed by atoms with Crippen LogP contribution in [-0.2, 0) is 41.4 Å². The van der Waals surface area contributed by atoms with Crippen LogP contribution in [0.5, 0.6) is 0 Å². The molecule has 0 radical (unpaired) electrons. The molecule has 270 valence electrons. The van der Waals surface area contributed by atoms with Gasteiger partial charge in [0.2, 0.25) is 12.2 Å². The largest absolute Gasteiger partial charge is 0.527 e. The molecule has 7 heterocycles. The molecule has 2 bridgehead atoms. The zero-order valence-electron chi connectivity index (χ0n) is 24.6. The second-order valence-electron chi connectivity index (χ2n) is 10.7. The zero-order chi connectivity index (χ0) is 35.7. The van der Waals surface area contributed by atoms with Gasteiger partial charge in [0.25, 0.3) is 5.56 Å². The molecular formula is C22H23F3N10O13P2. The van der Waals surface area contributed by atoms with Crippen LogP contribution in [0.3, 0.4) is 0 Å². The van der Waals surface area contributed by atoms with Crippen molar-refractivity contribution in [1.82, 2.24) is 39.0 Å². The number of phosphoric acid groups is 2. The number of aromatic amines is 1. The summed E-state index contributed by atoms with van der Waals surface area (Å²) in [5.74, 6) is -1.83. The molecule has 3 aliphatic rings. The number of H-pyrrole nitrogens is 1. The maximum atomic E-state index is 13.4.